The Labute approximate surface area is 130 Å². The Morgan fingerprint density at radius 3 is 2.53 bits per heavy atom. The van der Waals surface area contributed by atoms with Gasteiger partial charge in [-0.1, -0.05) is 56.1 Å². The third-order valence-electron chi connectivity index (χ3n) is 6.00. The minimum absolute atomic E-state index is 0.357. The SMILES string of the molecule is BrC1c2ccccc2C2OC3C(Br)C4CCC3C2C14. The summed E-state index contributed by atoms with van der Waals surface area (Å²) in [6.45, 7) is 0. The van der Waals surface area contributed by atoms with Crippen LogP contribution < -0.4 is 0 Å². The molecule has 3 heteroatoms. The van der Waals surface area contributed by atoms with Gasteiger partial charge in [0, 0.05) is 9.65 Å². The van der Waals surface area contributed by atoms with E-state index in [1.807, 2.05) is 0 Å². The molecule has 0 amide bonds. The fraction of sp³-hybridized carbons (Fsp3) is 0.625. The molecule has 1 heterocycles. The Morgan fingerprint density at radius 1 is 0.947 bits per heavy atom. The molecule has 0 N–H and O–H groups in total. The molecule has 0 aromatic heterocycles. The Bertz CT molecular complexity index is 545. The summed E-state index contributed by atoms with van der Waals surface area (Å²) in [5, 5.41) is 0. The molecule has 0 spiro atoms. The highest BCUT2D eigenvalue weighted by atomic mass is 79.9. The van der Waals surface area contributed by atoms with E-state index in [2.05, 4.69) is 56.1 Å². The first kappa shape index (κ1) is 11.8. The lowest BCUT2D eigenvalue weighted by molar-refractivity contribution is 0.0104. The number of ether oxygens (including phenoxy) is 1. The average Bonchev–Trinajstić information content (AvgIpc) is 2.81. The van der Waals surface area contributed by atoms with E-state index in [0.29, 0.717) is 21.9 Å². The van der Waals surface area contributed by atoms with Gasteiger partial charge in [-0.3, -0.25) is 0 Å². The van der Waals surface area contributed by atoms with Crippen molar-refractivity contribution in [2.75, 3.05) is 0 Å². The zero-order valence-electron chi connectivity index (χ0n) is 10.5. The number of rotatable bonds is 0. The number of benzene rings is 1. The van der Waals surface area contributed by atoms with Gasteiger partial charge in [-0.05, 0) is 47.6 Å². The first-order valence-electron chi connectivity index (χ1n) is 7.30. The maximum atomic E-state index is 6.51. The Kier molecular flexibility index (Phi) is 2.39. The molecule has 100 valence electrons. The molecule has 8 unspecified atom stereocenters. The van der Waals surface area contributed by atoms with Crippen LogP contribution in [-0.4, -0.2) is 10.9 Å². The second kappa shape index (κ2) is 3.86. The molecule has 5 aliphatic rings. The molecule has 1 aromatic carbocycles. The molecule has 1 nitrogen and oxygen atoms in total. The molecule has 4 fully saturated rings. The highest BCUT2D eigenvalue weighted by molar-refractivity contribution is 9.09. The van der Waals surface area contributed by atoms with Crippen molar-refractivity contribution in [1.29, 1.82) is 0 Å². The van der Waals surface area contributed by atoms with Gasteiger partial charge in [-0.25, -0.2) is 0 Å². The summed E-state index contributed by atoms with van der Waals surface area (Å²) >= 11 is 7.99. The summed E-state index contributed by atoms with van der Waals surface area (Å²) in [4.78, 5) is 1.08. The maximum Gasteiger partial charge on any atom is 0.0867 e. The van der Waals surface area contributed by atoms with Crippen molar-refractivity contribution in [3.05, 3.63) is 35.4 Å². The van der Waals surface area contributed by atoms with E-state index in [4.69, 9.17) is 4.74 Å². The number of fused-ring (bicyclic) bond motifs is 3. The predicted octanol–water partition coefficient (Wildman–Crippen LogP) is 4.61. The second-order valence-corrected chi connectivity index (χ2v) is 8.60. The standard InChI is InChI=1S/C16H16Br2O/c17-13-7-3-1-2-4-8(7)15-12-10-6-5-9(11(12)13)14(18)16(10)19-15/h1-4,9-16H,5-6H2. The topological polar surface area (TPSA) is 9.23 Å². The van der Waals surface area contributed by atoms with Gasteiger partial charge < -0.3 is 4.74 Å². The maximum absolute atomic E-state index is 6.51. The quantitative estimate of drug-likeness (QED) is 0.594. The molecule has 1 aliphatic heterocycles. The lowest BCUT2D eigenvalue weighted by Gasteiger charge is -2.53. The van der Waals surface area contributed by atoms with Crippen LogP contribution in [0.2, 0.25) is 0 Å². The molecule has 4 aliphatic carbocycles. The van der Waals surface area contributed by atoms with E-state index in [1.54, 1.807) is 0 Å². The van der Waals surface area contributed by atoms with Crippen molar-refractivity contribution >= 4 is 31.9 Å². The fourth-order valence-electron chi connectivity index (χ4n) is 5.36. The smallest absolute Gasteiger partial charge is 0.0867 e. The molecule has 8 atom stereocenters. The van der Waals surface area contributed by atoms with Crippen molar-refractivity contribution in [2.24, 2.45) is 23.7 Å². The van der Waals surface area contributed by atoms with E-state index >= 15 is 0 Å². The van der Waals surface area contributed by atoms with Crippen LogP contribution in [-0.2, 0) is 4.74 Å². The molecule has 19 heavy (non-hydrogen) atoms. The third-order valence-corrected chi connectivity index (χ3v) is 8.31. The van der Waals surface area contributed by atoms with Gasteiger partial charge in [-0.2, -0.15) is 0 Å². The van der Waals surface area contributed by atoms with E-state index < -0.39 is 0 Å². The van der Waals surface area contributed by atoms with Crippen molar-refractivity contribution in [3.8, 4) is 0 Å². The number of hydrogen-bond acceptors (Lipinski definition) is 1. The number of hydrogen-bond donors (Lipinski definition) is 0. The highest BCUT2D eigenvalue weighted by Crippen LogP contribution is 2.68. The second-order valence-electron chi connectivity index (χ2n) is 6.56. The average molecular weight is 384 g/mol. The summed E-state index contributed by atoms with van der Waals surface area (Å²) in [7, 11) is 0. The van der Waals surface area contributed by atoms with Gasteiger partial charge in [0.1, 0.15) is 0 Å². The number of halogens is 2. The van der Waals surface area contributed by atoms with Crippen LogP contribution in [0.3, 0.4) is 0 Å². The Balaban J connectivity index is 1.74. The van der Waals surface area contributed by atoms with Crippen LogP contribution in [0, 0.1) is 23.7 Å². The van der Waals surface area contributed by atoms with Crippen molar-refractivity contribution in [2.45, 2.75) is 34.7 Å². The van der Waals surface area contributed by atoms with Crippen molar-refractivity contribution in [1.82, 2.24) is 0 Å². The molecule has 1 aromatic rings. The van der Waals surface area contributed by atoms with Gasteiger partial charge in [0.15, 0.2) is 0 Å². The molecule has 4 bridgehead atoms. The Morgan fingerprint density at radius 2 is 1.68 bits per heavy atom. The van der Waals surface area contributed by atoms with E-state index in [0.717, 1.165) is 23.7 Å². The molecular weight excluding hydrogens is 368 g/mol. The molecule has 3 saturated carbocycles. The van der Waals surface area contributed by atoms with Crippen LogP contribution in [0.1, 0.15) is 34.9 Å². The largest absolute Gasteiger partial charge is 0.368 e. The van der Waals surface area contributed by atoms with Gasteiger partial charge in [-0.15, -0.1) is 0 Å². The Hall–Kier alpha value is 0.140. The highest BCUT2D eigenvalue weighted by Gasteiger charge is 2.64. The number of alkyl halides is 2. The zero-order chi connectivity index (χ0) is 12.7. The summed E-state index contributed by atoms with van der Waals surface area (Å²) in [5.74, 6) is 3.05. The van der Waals surface area contributed by atoms with E-state index in [9.17, 15) is 0 Å². The molecule has 0 radical (unpaired) electrons. The summed E-state index contributed by atoms with van der Waals surface area (Å²) in [5.41, 5.74) is 2.92. The van der Waals surface area contributed by atoms with Gasteiger partial charge in [0.05, 0.1) is 12.2 Å². The van der Waals surface area contributed by atoms with Crippen molar-refractivity contribution < 1.29 is 4.74 Å². The van der Waals surface area contributed by atoms with Crippen LogP contribution in [0.5, 0.6) is 0 Å². The van der Waals surface area contributed by atoms with Crippen LogP contribution >= 0.6 is 31.9 Å². The first-order valence-corrected chi connectivity index (χ1v) is 9.13. The van der Waals surface area contributed by atoms with Crippen LogP contribution in [0.15, 0.2) is 24.3 Å². The lowest BCUT2D eigenvalue weighted by Crippen LogP contribution is -2.52. The third kappa shape index (κ3) is 1.31. The summed E-state index contributed by atoms with van der Waals surface area (Å²) in [6, 6.07) is 8.89. The monoisotopic (exact) mass is 382 g/mol. The van der Waals surface area contributed by atoms with Gasteiger partial charge >= 0.3 is 0 Å². The van der Waals surface area contributed by atoms with Gasteiger partial charge in [0.25, 0.3) is 0 Å². The normalized spacial score (nSPS) is 53.2. The first-order chi connectivity index (χ1) is 9.27. The predicted molar refractivity (Wildman–Crippen MR) is 81.6 cm³/mol. The summed E-state index contributed by atoms with van der Waals surface area (Å²) in [6.07, 6.45) is 3.56. The molecular formula is C16H16Br2O. The minimum atomic E-state index is 0.357. The van der Waals surface area contributed by atoms with Crippen LogP contribution in [0.25, 0.3) is 0 Å². The molecule has 6 rings (SSSR count). The summed E-state index contributed by atoms with van der Waals surface area (Å²) < 4.78 is 6.51. The van der Waals surface area contributed by atoms with E-state index in [-0.39, 0.29) is 0 Å². The molecule has 1 saturated heterocycles. The lowest BCUT2D eigenvalue weighted by atomic mass is 9.54. The van der Waals surface area contributed by atoms with E-state index in [1.165, 1.54) is 24.0 Å². The van der Waals surface area contributed by atoms with Crippen LogP contribution in [0.4, 0.5) is 0 Å². The fourth-order valence-corrected chi connectivity index (χ4v) is 7.65. The van der Waals surface area contributed by atoms with Gasteiger partial charge in [0.2, 0.25) is 0 Å². The minimum Gasteiger partial charge on any atom is -0.368 e. The van der Waals surface area contributed by atoms with Crippen molar-refractivity contribution in [3.63, 3.8) is 0 Å². The zero-order valence-corrected chi connectivity index (χ0v) is 13.7.